The average molecular weight is 1040 g/mol. The number of aliphatic hydroxyl groups is 1. The Bertz CT molecular complexity index is 2630. The number of aromatic hydroxyl groups is 1. The molecule has 6 rings (SSSR count). The minimum Gasteiger partial charge on any atom is -0.595 e. The van der Waals surface area contributed by atoms with Crippen LogP contribution in [-0.2, 0) is 56.7 Å². The molecule has 410 valence electrons. The number of para-hydroxylation sites is 1. The first-order valence-corrected chi connectivity index (χ1v) is 25.9. The Morgan fingerprint density at radius 1 is 0.800 bits per heavy atom. The molecule has 3 fully saturated rings. The summed E-state index contributed by atoms with van der Waals surface area (Å²) in [5.74, 6) is -6.87. The number of amides is 7. The summed E-state index contributed by atoms with van der Waals surface area (Å²) >= 11 is 0. The van der Waals surface area contributed by atoms with Crippen molar-refractivity contribution < 1.29 is 58.9 Å². The third-order valence-corrected chi connectivity index (χ3v) is 14.8. The van der Waals surface area contributed by atoms with E-state index in [1.165, 1.54) is 32.0 Å². The van der Waals surface area contributed by atoms with E-state index in [0.717, 1.165) is 32.8 Å². The van der Waals surface area contributed by atoms with Crippen LogP contribution in [0.3, 0.4) is 0 Å². The fourth-order valence-electron chi connectivity index (χ4n) is 10.3. The number of nitrogens with zero attached hydrogens (tertiary/aromatic N) is 4. The molecule has 3 saturated heterocycles. The van der Waals surface area contributed by atoms with E-state index in [4.69, 9.17) is 4.74 Å². The van der Waals surface area contributed by atoms with Crippen molar-refractivity contribution in [3.05, 3.63) is 77.1 Å². The van der Waals surface area contributed by atoms with Crippen molar-refractivity contribution in [2.24, 2.45) is 17.8 Å². The zero-order valence-corrected chi connectivity index (χ0v) is 45.0. The largest absolute Gasteiger partial charge is 0.595 e. The molecule has 21 nitrogen and oxygen atoms in total. The van der Waals surface area contributed by atoms with Crippen LogP contribution in [-0.4, -0.2) is 151 Å². The lowest BCUT2D eigenvalue weighted by molar-refractivity contribution is -0.991. The Labute approximate surface area is 438 Å². The molecular weight excluding hydrogens is 967 g/mol. The Balaban J connectivity index is 1.51. The molecule has 3 aliphatic rings. The molecule has 11 atom stereocenters. The van der Waals surface area contributed by atoms with Crippen molar-refractivity contribution >= 4 is 57.9 Å². The molecule has 4 heterocycles. The molecule has 75 heavy (non-hydrogen) atoms. The summed E-state index contributed by atoms with van der Waals surface area (Å²) in [4.78, 5) is 107. The lowest BCUT2D eigenvalue weighted by Crippen LogP contribution is -2.99. The standard InChI is InChI=1S/C54H77N9O12/c1-12-13-17-36-46(65)58-38(26-34-27-61(54(8,9)45-28-75-45)39-18-15-14-16-35(34)39)52(71)59(10)41(21-29(2)3)48(67)57-37(24-33-19-20-44(64)40(25-33)63(73)74)47(66)55-32(7)51(70)60(11)43-23-31(6)50(69)62(53(43)72)42(22-30(4)5)49(68)56-36/h12-16,18-20,25,27,29-32,36-38,41-43,45,50,63-64,69,73H,17,21-24,26,28H2,1-11H3,(H,55,66)(H,56,68)(H,57,67)(H,58,65)/b13-12+/t31-,32-,36+,37-,38+,41-,42-,43-,45-,50-/m0/s1. The summed E-state index contributed by atoms with van der Waals surface area (Å²) in [7, 11) is 2.81. The zero-order valence-electron chi connectivity index (χ0n) is 45.0. The van der Waals surface area contributed by atoms with E-state index in [1.54, 1.807) is 26.0 Å². The smallest absolute Gasteiger partial charge is 0.248 e. The first-order chi connectivity index (χ1) is 35.3. The van der Waals surface area contributed by atoms with Crippen molar-refractivity contribution in [2.75, 3.05) is 20.7 Å². The fourth-order valence-corrected chi connectivity index (χ4v) is 10.3. The molecule has 2 aromatic carbocycles. The molecule has 3 aromatic rings. The second kappa shape index (κ2) is 24.1. The van der Waals surface area contributed by atoms with Gasteiger partial charge in [0.05, 0.1) is 12.1 Å². The lowest BCUT2D eigenvalue weighted by Gasteiger charge is -2.46. The number of hydrogen-bond donors (Lipinski definition) is 8. The summed E-state index contributed by atoms with van der Waals surface area (Å²) in [5.41, 5.74) is 0.806. The van der Waals surface area contributed by atoms with E-state index in [1.807, 2.05) is 72.0 Å². The number of nitrogens with one attached hydrogen (secondary N) is 5. The number of ether oxygens (including phenoxy) is 1. The summed E-state index contributed by atoms with van der Waals surface area (Å²) in [6, 6.07) is 2.05. The monoisotopic (exact) mass is 1040 g/mol. The highest BCUT2D eigenvalue weighted by Gasteiger charge is 2.48. The van der Waals surface area contributed by atoms with Gasteiger partial charge in [-0.05, 0) is 88.5 Å². The van der Waals surface area contributed by atoms with E-state index < -0.39 is 118 Å². The van der Waals surface area contributed by atoms with Crippen LogP contribution in [0.15, 0.2) is 60.8 Å². The second-order valence-electron chi connectivity index (χ2n) is 21.9. The number of carbonyl (C=O) groups is 7. The maximum absolute atomic E-state index is 15.4. The molecule has 0 saturated carbocycles. The van der Waals surface area contributed by atoms with Crippen molar-refractivity contribution in [2.45, 2.75) is 161 Å². The zero-order chi connectivity index (χ0) is 55.4. The van der Waals surface area contributed by atoms with Crippen LogP contribution < -0.4 is 26.5 Å². The van der Waals surface area contributed by atoms with E-state index >= 15 is 4.79 Å². The van der Waals surface area contributed by atoms with Crippen LogP contribution in [0, 0.1) is 23.0 Å². The van der Waals surface area contributed by atoms with Crippen LogP contribution in [0.5, 0.6) is 5.75 Å². The van der Waals surface area contributed by atoms with Gasteiger partial charge in [0.15, 0.2) is 5.75 Å². The Morgan fingerprint density at radius 2 is 1.40 bits per heavy atom. The number of rotatable bonds is 13. The fraction of sp³-hybridized carbons (Fsp3) is 0.574. The van der Waals surface area contributed by atoms with Crippen molar-refractivity contribution in [1.29, 1.82) is 0 Å². The number of fused-ring (bicyclic) bond motifs is 3. The van der Waals surface area contributed by atoms with Crippen LogP contribution in [0.2, 0.25) is 0 Å². The topological polar surface area (TPSA) is 283 Å². The summed E-state index contributed by atoms with van der Waals surface area (Å²) < 4.78 is 7.85. The molecule has 21 heteroatoms. The van der Waals surface area contributed by atoms with Crippen molar-refractivity contribution in [3.8, 4) is 5.75 Å². The Hall–Kier alpha value is -6.39. The Kier molecular flexibility index (Phi) is 18.6. The van der Waals surface area contributed by atoms with Crippen LogP contribution in [0.1, 0.15) is 99.1 Å². The number of piperidine rings is 1. The highest BCUT2D eigenvalue weighted by Crippen LogP contribution is 2.37. The predicted molar refractivity (Wildman–Crippen MR) is 278 cm³/mol. The minimum absolute atomic E-state index is 0.00209. The van der Waals surface area contributed by atoms with E-state index in [-0.39, 0.29) is 62.0 Å². The molecular formula is C54H77N9O12. The van der Waals surface area contributed by atoms with Gasteiger partial charge in [-0.2, -0.15) is 5.23 Å². The summed E-state index contributed by atoms with van der Waals surface area (Å²) in [6.07, 6.45) is 3.46. The van der Waals surface area contributed by atoms with Gasteiger partial charge in [-0.25, -0.2) is 5.21 Å². The summed E-state index contributed by atoms with van der Waals surface area (Å²) in [6.45, 7) is 16.9. The molecule has 0 spiro atoms. The van der Waals surface area contributed by atoms with Gasteiger partial charge in [0.1, 0.15) is 54.6 Å². The van der Waals surface area contributed by atoms with Crippen LogP contribution >= 0.6 is 0 Å². The van der Waals surface area contributed by atoms with Gasteiger partial charge in [0.2, 0.25) is 47.0 Å². The van der Waals surface area contributed by atoms with Gasteiger partial charge in [-0.3, -0.25) is 33.6 Å². The predicted octanol–water partition coefficient (Wildman–Crippen LogP) is 1.91. The first-order valence-electron chi connectivity index (χ1n) is 25.9. The molecule has 2 bridgehead atoms. The summed E-state index contributed by atoms with van der Waals surface area (Å²) in [5, 5.41) is 54.6. The number of quaternary nitrogens is 1. The number of likely N-dealkylation sites (N-methyl/N-ethyl adjacent to an activating group) is 2. The number of aromatic nitrogens is 1. The van der Waals surface area contributed by atoms with Gasteiger partial charge >= 0.3 is 0 Å². The number of allylic oxidation sites excluding steroid dienone is 1. The number of carbonyl (C=O) groups excluding carboxylic acids is 7. The molecule has 0 radical (unpaired) electrons. The van der Waals surface area contributed by atoms with Crippen LogP contribution in [0.25, 0.3) is 10.9 Å². The maximum Gasteiger partial charge on any atom is 0.248 e. The first kappa shape index (κ1) is 57.9. The van der Waals surface area contributed by atoms with E-state index in [2.05, 4.69) is 25.8 Å². The average Bonchev–Trinajstić information content (AvgIpc) is 4.16. The second-order valence-corrected chi connectivity index (χ2v) is 21.9. The van der Waals surface area contributed by atoms with Gasteiger partial charge in [0.25, 0.3) is 0 Å². The van der Waals surface area contributed by atoms with E-state index in [9.17, 15) is 49.4 Å². The van der Waals surface area contributed by atoms with Gasteiger partial charge < -0.3 is 60.7 Å². The molecule has 0 aliphatic carbocycles. The highest BCUT2D eigenvalue weighted by molar-refractivity contribution is 5.99. The van der Waals surface area contributed by atoms with Crippen molar-refractivity contribution in [3.63, 3.8) is 0 Å². The van der Waals surface area contributed by atoms with Gasteiger partial charge in [0, 0.05) is 56.0 Å². The molecule has 7 amide bonds. The number of epoxide rings is 1. The SMILES string of the molecule is C/C=C/C[C@H]1NC(=O)[C@H](CC(C)C)N2C(=O)[C@H](C[C@H](C)[C@@H]2O)N(C)C(=O)[C@H](C)NC(=O)[C@H](Cc2ccc(O)c([NH+]([O-])O)c2)NC(=O)[C@H](CC(C)C)N(C)C(=O)[C@@H](Cc2cn(C(C)(C)[C@@H]3CO3)c3ccccc23)NC1=O. The molecule has 1 unspecified atom stereocenters. The van der Waals surface area contributed by atoms with Crippen molar-refractivity contribution in [1.82, 2.24) is 40.5 Å². The molecule has 8 N–H and O–H groups in total. The third-order valence-electron chi connectivity index (χ3n) is 14.8. The normalized spacial score (nSPS) is 27.6. The van der Waals surface area contributed by atoms with Gasteiger partial charge in [-0.15, -0.1) is 0 Å². The maximum atomic E-state index is 15.4. The quantitative estimate of drug-likeness (QED) is 0.0528. The van der Waals surface area contributed by atoms with Gasteiger partial charge in [-0.1, -0.05) is 71.0 Å². The highest BCUT2D eigenvalue weighted by atomic mass is 16.8. The third kappa shape index (κ3) is 13.2. The van der Waals surface area contributed by atoms with E-state index in [0.29, 0.717) is 12.2 Å². The molecule has 3 aliphatic heterocycles. The van der Waals surface area contributed by atoms with Crippen LogP contribution in [0.4, 0.5) is 5.69 Å². The Morgan fingerprint density at radius 3 is 2.03 bits per heavy atom. The minimum atomic E-state index is -1.50. The number of hydrogen-bond acceptors (Lipinski definition) is 12. The molecule has 1 aromatic heterocycles. The number of phenolic OH excluding ortho intramolecular Hbond substituents is 1. The lowest BCUT2D eigenvalue weighted by atomic mass is 9.89. The number of phenols is 1. The number of benzene rings is 2. The number of aliphatic hydroxyl groups excluding tert-OH is 1.